The zero-order valence-electron chi connectivity index (χ0n) is 22.7. The van der Waals surface area contributed by atoms with Gasteiger partial charge >= 0.3 is 0 Å². The third-order valence-electron chi connectivity index (χ3n) is 6.95. The molecule has 0 saturated heterocycles. The van der Waals surface area contributed by atoms with E-state index in [1.807, 2.05) is 38.2 Å². The Bertz CT molecular complexity index is 1890. The van der Waals surface area contributed by atoms with Gasteiger partial charge in [0.25, 0.3) is 0 Å². The first-order valence-corrected chi connectivity index (χ1v) is 13.2. The number of rotatable bonds is 4. The lowest BCUT2D eigenvalue weighted by Crippen LogP contribution is -2.10. The van der Waals surface area contributed by atoms with Crippen molar-refractivity contribution in [1.82, 2.24) is 39.3 Å². The molecule has 6 aromatic rings. The molecule has 0 spiro atoms. The van der Waals surface area contributed by atoms with E-state index in [0.717, 1.165) is 46.8 Å². The Labute approximate surface area is 235 Å². The van der Waals surface area contributed by atoms with E-state index in [2.05, 4.69) is 42.8 Å². The van der Waals surface area contributed by atoms with Gasteiger partial charge in [0.2, 0.25) is 5.91 Å². The lowest BCUT2D eigenvalue weighted by molar-refractivity contribution is 0.1000. The third-order valence-corrected chi connectivity index (χ3v) is 6.95. The van der Waals surface area contributed by atoms with E-state index in [1.54, 1.807) is 29.3 Å². The number of amides is 1. The highest BCUT2D eigenvalue weighted by molar-refractivity contribution is 5.92. The van der Waals surface area contributed by atoms with Crippen molar-refractivity contribution >= 4 is 22.9 Å². The molecular weight excluding hydrogens is 516 g/mol. The van der Waals surface area contributed by atoms with Gasteiger partial charge in [0.05, 0.1) is 11.1 Å². The zero-order chi connectivity index (χ0) is 28.5. The van der Waals surface area contributed by atoms with E-state index >= 15 is 0 Å². The minimum Gasteiger partial charge on any atom is -0.383 e. The van der Waals surface area contributed by atoms with E-state index in [-0.39, 0.29) is 0 Å². The summed E-state index contributed by atoms with van der Waals surface area (Å²) >= 11 is 0. The van der Waals surface area contributed by atoms with Crippen LogP contribution in [0.5, 0.6) is 0 Å². The summed E-state index contributed by atoms with van der Waals surface area (Å²) in [6, 6.07) is 17.7. The van der Waals surface area contributed by atoms with Gasteiger partial charge in [0.15, 0.2) is 17.3 Å². The van der Waals surface area contributed by atoms with E-state index in [9.17, 15) is 4.79 Å². The number of anilines is 1. The Morgan fingerprint density at radius 3 is 2.54 bits per heavy atom. The Balaban J connectivity index is 0.000000258. The molecule has 1 amide bonds. The Hall–Kier alpha value is -5.45. The molecule has 11 heteroatoms. The van der Waals surface area contributed by atoms with Crippen LogP contribution in [0.3, 0.4) is 0 Å². The van der Waals surface area contributed by atoms with Crippen molar-refractivity contribution in [2.24, 2.45) is 12.8 Å². The van der Waals surface area contributed by atoms with Crippen LogP contribution in [0.25, 0.3) is 39.8 Å². The van der Waals surface area contributed by atoms with Crippen molar-refractivity contribution < 1.29 is 4.79 Å². The number of nitrogens with zero attached hydrogens (tertiary/aromatic N) is 8. The molecule has 7 rings (SSSR count). The number of aromatic nitrogens is 8. The number of fused-ring (bicyclic) bond motifs is 2. The molecule has 11 nitrogen and oxygen atoms in total. The number of carbonyl (C=O) groups excluding carboxylic acids is 1. The summed E-state index contributed by atoms with van der Waals surface area (Å²) < 4.78 is 3.73. The lowest BCUT2D eigenvalue weighted by atomic mass is 10.1. The second kappa shape index (κ2) is 10.6. The van der Waals surface area contributed by atoms with Crippen molar-refractivity contribution in [1.29, 1.82) is 0 Å². The Morgan fingerprint density at radius 1 is 0.951 bits per heavy atom. The SMILES string of the molecule is Cc1ccc(C(N)=O)cn1.Cn1cnc(-c2ccc3nc(-c4cccnc4N)n(-c4ccc5c(c4)CCC5)c3n2)n1. The molecule has 0 aliphatic heterocycles. The molecule has 5 heterocycles. The molecule has 1 aliphatic carbocycles. The van der Waals surface area contributed by atoms with Crippen molar-refractivity contribution in [3.8, 4) is 28.6 Å². The van der Waals surface area contributed by atoms with Gasteiger partial charge in [-0.25, -0.2) is 19.9 Å². The first-order valence-electron chi connectivity index (χ1n) is 13.2. The maximum Gasteiger partial charge on any atom is 0.250 e. The fourth-order valence-corrected chi connectivity index (χ4v) is 4.88. The molecule has 0 fully saturated rings. The number of pyridine rings is 3. The van der Waals surface area contributed by atoms with Crippen molar-refractivity contribution in [2.75, 3.05) is 5.73 Å². The number of imidazole rings is 1. The first kappa shape index (κ1) is 25.8. The monoisotopic (exact) mass is 544 g/mol. The van der Waals surface area contributed by atoms with Gasteiger partial charge < -0.3 is 11.5 Å². The molecular formula is C30H28N10O. The van der Waals surface area contributed by atoms with Gasteiger partial charge in [-0.2, -0.15) is 0 Å². The van der Waals surface area contributed by atoms with Gasteiger partial charge in [-0.15, -0.1) is 5.10 Å². The summed E-state index contributed by atoms with van der Waals surface area (Å²) in [5.74, 6) is 1.30. The molecule has 1 aliphatic rings. The maximum atomic E-state index is 10.5. The van der Waals surface area contributed by atoms with E-state index in [1.165, 1.54) is 23.7 Å². The highest BCUT2D eigenvalue weighted by atomic mass is 16.1. The van der Waals surface area contributed by atoms with Crippen LogP contribution in [0.1, 0.15) is 33.6 Å². The van der Waals surface area contributed by atoms with Crippen molar-refractivity contribution in [2.45, 2.75) is 26.2 Å². The number of nitrogens with two attached hydrogens (primary N) is 2. The maximum absolute atomic E-state index is 10.5. The number of carbonyl (C=O) groups is 1. The van der Waals surface area contributed by atoms with Crippen LogP contribution in [-0.4, -0.2) is 45.2 Å². The number of hydrogen-bond donors (Lipinski definition) is 2. The summed E-state index contributed by atoms with van der Waals surface area (Å²) in [7, 11) is 1.84. The number of nitrogen functional groups attached to an aromatic ring is 1. The fourth-order valence-electron chi connectivity index (χ4n) is 4.88. The number of hydrogen-bond acceptors (Lipinski definition) is 8. The standard InChI is InChI=1S/C23H20N8.C7H8N2O/c1-30-13-26-21(29-30)18-9-10-19-23(27-18)31(16-8-7-14-4-2-5-15(14)12-16)22(28-19)17-6-3-11-25-20(17)24;1-5-2-3-6(4-9-5)7(8)10/h3,6-13H,2,4-5H2,1H3,(H2,24,25);2-4H,1H3,(H2,8,10). The molecule has 0 unspecified atom stereocenters. The molecule has 0 bridgehead atoms. The predicted molar refractivity (Wildman–Crippen MR) is 156 cm³/mol. The number of primary amides is 1. The summed E-state index contributed by atoms with van der Waals surface area (Å²) in [6.45, 7) is 1.85. The second-order valence-corrected chi connectivity index (χ2v) is 9.85. The van der Waals surface area contributed by atoms with Crippen molar-refractivity contribution in [3.63, 3.8) is 0 Å². The molecule has 0 radical (unpaired) electrons. The van der Waals surface area contributed by atoms with Crippen molar-refractivity contribution in [3.05, 3.63) is 95.7 Å². The molecule has 0 saturated carbocycles. The summed E-state index contributed by atoms with van der Waals surface area (Å²) in [4.78, 5) is 32.8. The van der Waals surface area contributed by atoms with Gasteiger partial charge in [0, 0.05) is 30.8 Å². The molecule has 5 aromatic heterocycles. The van der Waals surface area contributed by atoms with E-state index in [0.29, 0.717) is 22.9 Å². The third kappa shape index (κ3) is 5.12. The van der Waals surface area contributed by atoms with Crippen LogP contribution >= 0.6 is 0 Å². The van der Waals surface area contributed by atoms with E-state index in [4.69, 9.17) is 21.4 Å². The molecule has 4 N–H and O–H groups in total. The number of benzene rings is 1. The highest BCUT2D eigenvalue weighted by Gasteiger charge is 2.21. The van der Waals surface area contributed by atoms with Crippen LogP contribution < -0.4 is 11.5 Å². The Kier molecular flexibility index (Phi) is 6.68. The fraction of sp³-hybridized carbons (Fsp3) is 0.167. The highest BCUT2D eigenvalue weighted by Crippen LogP contribution is 2.33. The summed E-state index contributed by atoms with van der Waals surface area (Å²) in [5.41, 5.74) is 19.3. The minimum atomic E-state index is -0.438. The van der Waals surface area contributed by atoms with Gasteiger partial charge in [-0.05, 0) is 85.8 Å². The molecule has 204 valence electrons. The summed E-state index contributed by atoms with van der Waals surface area (Å²) in [6.07, 6.45) is 8.25. The first-order chi connectivity index (χ1) is 19.9. The Morgan fingerprint density at radius 2 is 1.80 bits per heavy atom. The second-order valence-electron chi connectivity index (χ2n) is 9.85. The largest absolute Gasteiger partial charge is 0.383 e. The average Bonchev–Trinajstić information content (AvgIpc) is 3.71. The normalized spacial score (nSPS) is 12.1. The molecule has 1 aromatic carbocycles. The quantitative estimate of drug-likeness (QED) is 0.339. The minimum absolute atomic E-state index is 0.437. The average molecular weight is 545 g/mol. The van der Waals surface area contributed by atoms with Gasteiger partial charge in [-0.1, -0.05) is 6.07 Å². The zero-order valence-corrected chi connectivity index (χ0v) is 22.7. The van der Waals surface area contributed by atoms with Crippen LogP contribution in [0, 0.1) is 6.92 Å². The summed E-state index contributed by atoms with van der Waals surface area (Å²) in [5, 5.41) is 4.40. The lowest BCUT2D eigenvalue weighted by Gasteiger charge is -2.12. The smallest absolute Gasteiger partial charge is 0.250 e. The molecule has 41 heavy (non-hydrogen) atoms. The predicted octanol–water partition coefficient (Wildman–Crippen LogP) is 3.84. The topological polar surface area (TPSA) is 156 Å². The van der Waals surface area contributed by atoms with E-state index < -0.39 is 5.91 Å². The van der Waals surface area contributed by atoms with Crippen LogP contribution in [0.4, 0.5) is 5.82 Å². The van der Waals surface area contributed by atoms with Gasteiger partial charge in [-0.3, -0.25) is 19.0 Å². The molecule has 0 atom stereocenters. The van der Waals surface area contributed by atoms with Crippen LogP contribution in [0.2, 0.25) is 0 Å². The number of aryl methyl sites for hydroxylation is 4. The van der Waals surface area contributed by atoms with Crippen LogP contribution in [0.15, 0.2) is 73.3 Å². The van der Waals surface area contributed by atoms with Gasteiger partial charge in [0.1, 0.15) is 23.4 Å². The van der Waals surface area contributed by atoms with Crippen LogP contribution in [-0.2, 0) is 19.9 Å².